The maximum atomic E-state index is 12.1. The monoisotopic (exact) mass is 290 g/mol. The normalized spacial score (nSPS) is 21.8. The van der Waals surface area contributed by atoms with Crippen LogP contribution in [-0.4, -0.2) is 22.0 Å². The first kappa shape index (κ1) is 15.5. The number of carboxylic acids is 1. The van der Waals surface area contributed by atoms with Crippen LogP contribution in [-0.2, 0) is 16.1 Å². The minimum Gasteiger partial charge on any atom is -0.481 e. The summed E-state index contributed by atoms with van der Waals surface area (Å²) >= 11 is 0. The van der Waals surface area contributed by atoms with Crippen molar-refractivity contribution in [1.29, 1.82) is 0 Å². The van der Waals surface area contributed by atoms with Crippen LogP contribution >= 0.6 is 0 Å². The number of nitrogens with one attached hydrogen (secondary N) is 1. The molecule has 0 aliphatic heterocycles. The molecule has 5 heteroatoms. The average molecular weight is 290 g/mol. The lowest BCUT2D eigenvalue weighted by molar-refractivity contribution is -0.144. The summed E-state index contributed by atoms with van der Waals surface area (Å²) in [5.74, 6) is -1.04. The van der Waals surface area contributed by atoms with E-state index in [9.17, 15) is 9.59 Å². The zero-order valence-corrected chi connectivity index (χ0v) is 12.6. The SMILES string of the molecule is Cc1cc(CNC(=O)C2CCC(C(=O)O)CC2)cc(C)n1. The van der Waals surface area contributed by atoms with Gasteiger partial charge in [0.05, 0.1) is 5.92 Å². The second kappa shape index (κ2) is 6.70. The number of aromatic nitrogens is 1. The molecule has 1 saturated carbocycles. The Bertz CT molecular complexity index is 514. The zero-order chi connectivity index (χ0) is 15.4. The van der Waals surface area contributed by atoms with Crippen molar-refractivity contribution in [3.05, 3.63) is 29.1 Å². The van der Waals surface area contributed by atoms with Crippen LogP contribution in [0, 0.1) is 25.7 Å². The van der Waals surface area contributed by atoms with Gasteiger partial charge in [-0.1, -0.05) is 0 Å². The van der Waals surface area contributed by atoms with Gasteiger partial charge in [0.15, 0.2) is 0 Å². The number of hydrogen-bond donors (Lipinski definition) is 2. The van der Waals surface area contributed by atoms with Crippen LogP contribution in [0.4, 0.5) is 0 Å². The third-order valence-corrected chi connectivity index (χ3v) is 4.06. The van der Waals surface area contributed by atoms with Gasteiger partial charge in [-0.3, -0.25) is 14.6 Å². The van der Waals surface area contributed by atoms with Crippen molar-refractivity contribution in [3.63, 3.8) is 0 Å². The molecule has 1 aromatic rings. The highest BCUT2D eigenvalue weighted by Crippen LogP contribution is 2.29. The van der Waals surface area contributed by atoms with E-state index >= 15 is 0 Å². The largest absolute Gasteiger partial charge is 0.481 e. The highest BCUT2D eigenvalue weighted by molar-refractivity contribution is 5.79. The third-order valence-electron chi connectivity index (χ3n) is 4.06. The molecule has 2 N–H and O–H groups in total. The van der Waals surface area contributed by atoms with Crippen molar-refractivity contribution in [1.82, 2.24) is 10.3 Å². The Kier molecular flexibility index (Phi) is 4.94. The number of aryl methyl sites for hydroxylation is 2. The summed E-state index contributed by atoms with van der Waals surface area (Å²) in [6, 6.07) is 3.93. The van der Waals surface area contributed by atoms with Crippen LogP contribution in [0.3, 0.4) is 0 Å². The average Bonchev–Trinajstić information content (AvgIpc) is 2.44. The summed E-state index contributed by atoms with van der Waals surface area (Å²) in [7, 11) is 0. The summed E-state index contributed by atoms with van der Waals surface area (Å²) in [5.41, 5.74) is 2.94. The van der Waals surface area contributed by atoms with Gasteiger partial charge in [0.25, 0.3) is 0 Å². The Balaban J connectivity index is 1.84. The van der Waals surface area contributed by atoms with Crippen molar-refractivity contribution in [2.24, 2.45) is 11.8 Å². The van der Waals surface area contributed by atoms with Gasteiger partial charge >= 0.3 is 5.97 Å². The molecule has 0 spiro atoms. The predicted molar refractivity (Wildman–Crippen MR) is 78.6 cm³/mol. The topological polar surface area (TPSA) is 79.3 Å². The first-order valence-electron chi connectivity index (χ1n) is 7.40. The Morgan fingerprint density at radius 2 is 1.67 bits per heavy atom. The first-order chi connectivity index (χ1) is 9.95. The zero-order valence-electron chi connectivity index (χ0n) is 12.6. The van der Waals surface area contributed by atoms with E-state index < -0.39 is 5.97 Å². The standard InChI is InChI=1S/C16H22N2O3/c1-10-7-12(8-11(2)18-10)9-17-15(19)13-3-5-14(6-4-13)16(20)21/h7-8,13-14H,3-6,9H2,1-2H3,(H,17,19)(H,20,21). The second-order valence-electron chi connectivity index (χ2n) is 5.86. The lowest BCUT2D eigenvalue weighted by atomic mass is 9.81. The number of nitrogens with zero attached hydrogens (tertiary/aromatic N) is 1. The minimum absolute atomic E-state index is 0.0333. The van der Waals surface area contributed by atoms with Gasteiger partial charge in [-0.2, -0.15) is 0 Å². The maximum absolute atomic E-state index is 12.1. The molecule has 0 unspecified atom stereocenters. The van der Waals surface area contributed by atoms with Crippen molar-refractivity contribution >= 4 is 11.9 Å². The summed E-state index contributed by atoms with van der Waals surface area (Å²) in [6.07, 6.45) is 2.52. The van der Waals surface area contributed by atoms with Crippen molar-refractivity contribution in [2.75, 3.05) is 0 Å². The number of carbonyl (C=O) groups is 2. The van der Waals surface area contributed by atoms with Crippen LogP contribution in [0.2, 0.25) is 0 Å². The van der Waals surface area contributed by atoms with Crippen molar-refractivity contribution in [3.8, 4) is 0 Å². The quantitative estimate of drug-likeness (QED) is 0.891. The fourth-order valence-corrected chi connectivity index (χ4v) is 2.96. The predicted octanol–water partition coefficient (Wildman–Crippen LogP) is 2.21. The van der Waals surface area contributed by atoms with Gasteiger partial charge in [0.2, 0.25) is 5.91 Å². The molecule has 2 rings (SSSR count). The molecule has 1 aliphatic carbocycles. The van der Waals surface area contributed by atoms with E-state index in [1.54, 1.807) is 0 Å². The van der Waals surface area contributed by atoms with Gasteiger partial charge in [-0.25, -0.2) is 0 Å². The molecule has 0 aromatic carbocycles. The smallest absolute Gasteiger partial charge is 0.306 e. The van der Waals surface area contributed by atoms with Crippen LogP contribution in [0.25, 0.3) is 0 Å². The molecule has 0 bridgehead atoms. The Morgan fingerprint density at radius 3 is 2.19 bits per heavy atom. The fourth-order valence-electron chi connectivity index (χ4n) is 2.96. The molecule has 1 fully saturated rings. The van der Waals surface area contributed by atoms with Gasteiger partial charge in [-0.15, -0.1) is 0 Å². The highest BCUT2D eigenvalue weighted by Gasteiger charge is 2.29. The second-order valence-corrected chi connectivity index (χ2v) is 5.86. The number of carbonyl (C=O) groups excluding carboxylic acids is 1. The van der Waals surface area contributed by atoms with E-state index in [0.717, 1.165) is 17.0 Å². The van der Waals surface area contributed by atoms with E-state index in [-0.39, 0.29) is 17.7 Å². The Morgan fingerprint density at radius 1 is 1.14 bits per heavy atom. The summed E-state index contributed by atoms with van der Waals surface area (Å²) in [6.45, 7) is 4.37. The third kappa shape index (κ3) is 4.28. The van der Waals surface area contributed by atoms with Crippen LogP contribution in [0.15, 0.2) is 12.1 Å². The molecule has 1 aliphatic rings. The number of rotatable bonds is 4. The van der Waals surface area contributed by atoms with E-state index in [2.05, 4.69) is 10.3 Å². The molecule has 0 saturated heterocycles. The molecule has 0 radical (unpaired) electrons. The minimum atomic E-state index is -0.739. The molecule has 21 heavy (non-hydrogen) atoms. The molecular weight excluding hydrogens is 268 g/mol. The molecule has 1 aromatic heterocycles. The van der Waals surface area contributed by atoms with Gasteiger partial charge in [0.1, 0.15) is 0 Å². The molecule has 5 nitrogen and oxygen atoms in total. The number of hydrogen-bond acceptors (Lipinski definition) is 3. The lowest BCUT2D eigenvalue weighted by Gasteiger charge is -2.25. The van der Waals surface area contributed by atoms with Crippen molar-refractivity contribution in [2.45, 2.75) is 46.1 Å². The fraction of sp³-hybridized carbons (Fsp3) is 0.562. The van der Waals surface area contributed by atoms with E-state index in [1.807, 2.05) is 26.0 Å². The summed E-state index contributed by atoms with van der Waals surface area (Å²) in [5, 5.41) is 11.9. The van der Waals surface area contributed by atoms with E-state index in [4.69, 9.17) is 5.11 Å². The number of carboxylic acid groups (broad SMARTS) is 1. The van der Waals surface area contributed by atoms with Crippen LogP contribution in [0.5, 0.6) is 0 Å². The number of aliphatic carboxylic acids is 1. The van der Waals surface area contributed by atoms with Gasteiger partial charge in [-0.05, 0) is 57.2 Å². The van der Waals surface area contributed by atoms with E-state index in [1.165, 1.54) is 0 Å². The van der Waals surface area contributed by atoms with Gasteiger partial charge in [0, 0.05) is 23.9 Å². The number of pyridine rings is 1. The Labute approximate surface area is 124 Å². The molecule has 1 amide bonds. The Hall–Kier alpha value is -1.91. The van der Waals surface area contributed by atoms with Crippen LogP contribution in [0.1, 0.15) is 42.6 Å². The van der Waals surface area contributed by atoms with Gasteiger partial charge < -0.3 is 10.4 Å². The number of amides is 1. The first-order valence-corrected chi connectivity index (χ1v) is 7.40. The molecule has 1 heterocycles. The molecular formula is C16H22N2O3. The summed E-state index contributed by atoms with van der Waals surface area (Å²) in [4.78, 5) is 27.4. The maximum Gasteiger partial charge on any atom is 0.306 e. The van der Waals surface area contributed by atoms with Crippen molar-refractivity contribution < 1.29 is 14.7 Å². The van der Waals surface area contributed by atoms with Crippen LogP contribution < -0.4 is 5.32 Å². The summed E-state index contributed by atoms with van der Waals surface area (Å²) < 4.78 is 0. The highest BCUT2D eigenvalue weighted by atomic mass is 16.4. The molecule has 114 valence electrons. The van der Waals surface area contributed by atoms with E-state index in [0.29, 0.717) is 32.2 Å². The molecule has 0 atom stereocenters. The lowest BCUT2D eigenvalue weighted by Crippen LogP contribution is -2.34.